The quantitative estimate of drug-likeness (QED) is 0.329. The number of likely N-dealkylation sites (tertiary alicyclic amines) is 1. The minimum absolute atomic E-state index is 0.0998. The van der Waals surface area contributed by atoms with Gasteiger partial charge in [0.1, 0.15) is 0 Å². The third-order valence-corrected chi connectivity index (χ3v) is 5.78. The molecule has 4 rings (SSSR count). The molecule has 2 fully saturated rings. The number of aliphatic carboxylic acids is 3. The van der Waals surface area contributed by atoms with Gasteiger partial charge in [0.15, 0.2) is 11.6 Å². The van der Waals surface area contributed by atoms with E-state index in [1.165, 1.54) is 11.6 Å². The second kappa shape index (κ2) is 16.9. The van der Waals surface area contributed by atoms with Gasteiger partial charge in [0.05, 0.1) is 18.2 Å². The van der Waals surface area contributed by atoms with E-state index in [1.54, 1.807) is 18.5 Å². The number of carbonyl (C=O) groups is 3. The molecule has 2 aliphatic rings. The number of carboxylic acid groups (broad SMARTS) is 3. The first-order valence-corrected chi connectivity index (χ1v) is 12.6. The second-order valence-electron chi connectivity index (χ2n) is 9.46. The molecule has 0 aromatic carbocycles. The molecule has 0 saturated carbocycles. The summed E-state index contributed by atoms with van der Waals surface area (Å²) < 4.78 is 115. The maximum absolute atomic E-state index is 13.8. The second-order valence-corrected chi connectivity index (χ2v) is 9.46. The van der Waals surface area contributed by atoms with Crippen molar-refractivity contribution >= 4 is 23.7 Å². The average molecular weight is 684 g/mol. The molecule has 2 aliphatic heterocycles. The molecule has 21 heteroatoms. The first-order chi connectivity index (χ1) is 21.1. The molecule has 258 valence electrons. The summed E-state index contributed by atoms with van der Waals surface area (Å²) in [5.41, 5.74) is 1.09. The van der Waals surface area contributed by atoms with Crippen LogP contribution in [0.5, 0.6) is 0 Å². The number of rotatable bonds is 4. The van der Waals surface area contributed by atoms with Gasteiger partial charge in [-0.15, -0.1) is 0 Å². The van der Waals surface area contributed by atoms with Gasteiger partial charge in [0.25, 0.3) is 0 Å². The van der Waals surface area contributed by atoms with E-state index in [2.05, 4.69) is 26.3 Å². The van der Waals surface area contributed by atoms with Crippen molar-refractivity contribution in [3.63, 3.8) is 0 Å². The van der Waals surface area contributed by atoms with Gasteiger partial charge in [-0.05, 0) is 43.1 Å². The minimum atomic E-state index is -5.08. The van der Waals surface area contributed by atoms with Crippen molar-refractivity contribution in [2.45, 2.75) is 56.0 Å². The Morgan fingerprint density at radius 3 is 1.89 bits per heavy atom. The molecule has 0 radical (unpaired) electrons. The largest absolute Gasteiger partial charge is 0.490 e. The molecular weight excluding hydrogens is 658 g/mol. The molecule has 11 nitrogen and oxygen atoms in total. The fraction of sp³-hybridized carbons (Fsp3) is 0.480. The highest BCUT2D eigenvalue weighted by Gasteiger charge is 2.44. The van der Waals surface area contributed by atoms with Gasteiger partial charge in [0.2, 0.25) is 0 Å². The van der Waals surface area contributed by atoms with Crippen LogP contribution in [0.3, 0.4) is 0 Å². The lowest BCUT2D eigenvalue weighted by atomic mass is 9.88. The molecular formula is C25H26F10N4O7. The summed E-state index contributed by atoms with van der Waals surface area (Å²) >= 11 is 0. The number of carboxylic acids is 3. The molecule has 2 aromatic heterocycles. The van der Waals surface area contributed by atoms with Gasteiger partial charge in [-0.25, -0.2) is 23.8 Å². The van der Waals surface area contributed by atoms with E-state index in [9.17, 15) is 43.9 Å². The zero-order chi connectivity index (χ0) is 35.3. The highest BCUT2D eigenvalue weighted by atomic mass is 19.4. The minimum Gasteiger partial charge on any atom is -0.475 e. The van der Waals surface area contributed by atoms with Crippen LogP contribution < -0.4 is 5.32 Å². The molecule has 2 atom stereocenters. The Hall–Kier alpha value is -4.27. The van der Waals surface area contributed by atoms with E-state index < -0.39 is 36.4 Å². The third-order valence-electron chi connectivity index (χ3n) is 5.78. The number of hydrogen-bond acceptors (Lipinski definition) is 8. The molecule has 2 saturated heterocycles. The van der Waals surface area contributed by atoms with Gasteiger partial charge < -0.3 is 25.4 Å². The van der Waals surface area contributed by atoms with Gasteiger partial charge in [-0.3, -0.25) is 9.88 Å². The summed E-state index contributed by atoms with van der Waals surface area (Å²) in [5, 5.41) is 24.6. The maximum atomic E-state index is 13.8. The standard InChI is InChI=1S/C19H23FN4O.3C2HF3O2/c20-17-5-2-8-22-18(17)23-16-10-19(25-13-16)6-3-9-24(14-19)12-15-4-1-7-21-11-15;3*3-2(4,5)1(6)7/h1-2,4-5,7-8,11,16H,3,6,9-10,12-14H2,(H,22,23);3*(H,6,7). The Kier molecular flexibility index (Phi) is 14.6. The lowest BCUT2D eigenvalue weighted by Gasteiger charge is -2.39. The van der Waals surface area contributed by atoms with Crippen LogP contribution >= 0.6 is 0 Å². The van der Waals surface area contributed by atoms with Crippen LogP contribution in [0.25, 0.3) is 0 Å². The van der Waals surface area contributed by atoms with Crippen molar-refractivity contribution in [2.75, 3.05) is 25.0 Å². The number of nitrogens with one attached hydrogen (secondary N) is 1. The van der Waals surface area contributed by atoms with Crippen LogP contribution in [0, 0.1) is 5.82 Å². The summed E-state index contributed by atoms with van der Waals surface area (Å²) in [4.78, 5) is 37.4. The SMILES string of the molecule is Fc1cccnc1NC1COC2(CCCN(Cc3cccnc3)C2)C1.O=C(O)C(F)(F)F.O=C(O)C(F)(F)F.O=C(O)C(F)(F)F. The Balaban J connectivity index is 0.000000413. The molecule has 0 aliphatic carbocycles. The smallest absolute Gasteiger partial charge is 0.475 e. The maximum Gasteiger partial charge on any atom is 0.490 e. The van der Waals surface area contributed by atoms with Crippen LogP contribution in [-0.4, -0.2) is 98.0 Å². The first-order valence-electron chi connectivity index (χ1n) is 12.6. The monoisotopic (exact) mass is 684 g/mol. The van der Waals surface area contributed by atoms with Crippen LogP contribution in [0.15, 0.2) is 42.9 Å². The van der Waals surface area contributed by atoms with Crippen molar-refractivity contribution in [2.24, 2.45) is 0 Å². The summed E-state index contributed by atoms with van der Waals surface area (Å²) in [7, 11) is 0. The van der Waals surface area contributed by atoms with Crippen LogP contribution in [0.1, 0.15) is 24.8 Å². The number of alkyl halides is 9. The van der Waals surface area contributed by atoms with E-state index in [-0.39, 0.29) is 17.5 Å². The van der Waals surface area contributed by atoms with Crippen molar-refractivity contribution in [3.05, 3.63) is 54.2 Å². The van der Waals surface area contributed by atoms with E-state index in [1.807, 2.05) is 12.3 Å². The predicted molar refractivity (Wildman–Crippen MR) is 135 cm³/mol. The molecule has 2 aromatic rings. The first kappa shape index (κ1) is 39.8. The zero-order valence-electron chi connectivity index (χ0n) is 23.2. The fourth-order valence-electron chi connectivity index (χ4n) is 3.98. The number of hydrogen-bond donors (Lipinski definition) is 4. The third kappa shape index (κ3) is 14.7. The summed E-state index contributed by atoms with van der Waals surface area (Å²) in [6.07, 6.45) is -6.87. The number of piperidine rings is 1. The predicted octanol–water partition coefficient (Wildman–Crippen LogP) is 4.75. The zero-order valence-corrected chi connectivity index (χ0v) is 23.2. The fourth-order valence-corrected chi connectivity index (χ4v) is 3.98. The Bertz CT molecular complexity index is 1220. The summed E-state index contributed by atoms with van der Waals surface area (Å²) in [5.74, 6) is -8.27. The lowest BCUT2D eigenvalue weighted by molar-refractivity contribution is -0.193. The van der Waals surface area contributed by atoms with Gasteiger partial charge in [0, 0.05) is 38.1 Å². The Labute approximate surface area is 252 Å². The van der Waals surface area contributed by atoms with Crippen LogP contribution in [-0.2, 0) is 25.7 Å². The molecule has 0 bridgehead atoms. The Morgan fingerprint density at radius 2 is 1.43 bits per heavy atom. The van der Waals surface area contributed by atoms with Crippen LogP contribution in [0.4, 0.5) is 49.7 Å². The van der Waals surface area contributed by atoms with Crippen molar-refractivity contribution in [1.29, 1.82) is 0 Å². The van der Waals surface area contributed by atoms with E-state index in [0.29, 0.717) is 12.4 Å². The highest BCUT2D eigenvalue weighted by Crippen LogP contribution is 2.36. The summed E-state index contributed by atoms with van der Waals surface area (Å²) in [6, 6.07) is 7.21. The molecule has 46 heavy (non-hydrogen) atoms. The summed E-state index contributed by atoms with van der Waals surface area (Å²) in [6.45, 7) is 3.47. The molecule has 4 N–H and O–H groups in total. The van der Waals surface area contributed by atoms with Crippen LogP contribution in [0.2, 0.25) is 0 Å². The van der Waals surface area contributed by atoms with Gasteiger partial charge in [-0.1, -0.05) is 6.07 Å². The number of anilines is 1. The van der Waals surface area contributed by atoms with Gasteiger partial charge in [-0.2, -0.15) is 39.5 Å². The Morgan fingerprint density at radius 1 is 0.913 bits per heavy atom. The van der Waals surface area contributed by atoms with E-state index >= 15 is 0 Å². The highest BCUT2D eigenvalue weighted by molar-refractivity contribution is 5.73. The topological polar surface area (TPSA) is 162 Å². The molecule has 1 spiro atoms. The molecule has 2 unspecified atom stereocenters. The van der Waals surface area contributed by atoms with E-state index in [4.69, 9.17) is 34.4 Å². The van der Waals surface area contributed by atoms with E-state index in [0.717, 1.165) is 38.9 Å². The van der Waals surface area contributed by atoms with Crippen molar-refractivity contribution in [3.8, 4) is 0 Å². The molecule has 0 amide bonds. The number of aromatic nitrogens is 2. The normalized spacial score (nSPS) is 19.7. The van der Waals surface area contributed by atoms with Crippen molar-refractivity contribution < 1.29 is 78.3 Å². The van der Waals surface area contributed by atoms with Crippen molar-refractivity contribution in [1.82, 2.24) is 14.9 Å². The van der Waals surface area contributed by atoms with Gasteiger partial charge >= 0.3 is 36.4 Å². The number of pyridine rings is 2. The number of ether oxygens (including phenoxy) is 1. The lowest BCUT2D eigenvalue weighted by Crippen LogP contribution is -2.47. The number of nitrogens with zero attached hydrogens (tertiary/aromatic N) is 3. The number of halogens is 10. The average Bonchev–Trinajstić information content (AvgIpc) is 3.31. The molecule has 4 heterocycles.